The highest BCUT2D eigenvalue weighted by Crippen LogP contribution is 2.24. The zero-order chi connectivity index (χ0) is 14.8. The van der Waals surface area contributed by atoms with Crippen LogP contribution >= 0.6 is 0 Å². The molecule has 1 aromatic heterocycles. The van der Waals surface area contributed by atoms with Crippen molar-refractivity contribution in [1.29, 1.82) is 0 Å². The molecule has 0 radical (unpaired) electrons. The fourth-order valence-electron chi connectivity index (χ4n) is 1.58. The molecule has 0 N–H and O–H groups in total. The molecule has 1 aromatic rings. The van der Waals surface area contributed by atoms with Gasteiger partial charge in [-0.15, -0.1) is 0 Å². The Morgan fingerprint density at radius 2 is 1.84 bits per heavy atom. The summed E-state index contributed by atoms with van der Waals surface area (Å²) in [6, 6.07) is 3.09. The summed E-state index contributed by atoms with van der Waals surface area (Å²) < 4.78 is 23.4. The fraction of sp³-hybridized carbons (Fsp3) is 0.571. The summed E-state index contributed by atoms with van der Waals surface area (Å²) in [6.45, 7) is 7.68. The molecule has 0 aliphatic heterocycles. The van der Waals surface area contributed by atoms with Crippen molar-refractivity contribution >= 4 is 15.6 Å². The van der Waals surface area contributed by atoms with Gasteiger partial charge in [-0.05, 0) is 12.1 Å². The molecule has 106 valence electrons. The van der Waals surface area contributed by atoms with Gasteiger partial charge >= 0.3 is 0 Å². The van der Waals surface area contributed by atoms with E-state index < -0.39 is 9.84 Å². The molecule has 0 saturated carbocycles. The molecule has 0 aromatic carbocycles. The standard InChI is InChI=1S/C14H21NO3S/c1-6-11(16)7-10-8-12(19(5,17)18)9-13(15-10)14(2,3)4/h8-9H,6-7H2,1-5H3. The van der Waals surface area contributed by atoms with Gasteiger partial charge in [0, 0.05) is 35.9 Å². The lowest BCUT2D eigenvalue weighted by atomic mass is 9.91. The number of carbonyl (C=O) groups is 1. The number of ketones is 1. The minimum absolute atomic E-state index is 0.0537. The Bertz CT molecular complexity index is 583. The Labute approximate surface area is 115 Å². The molecule has 0 fully saturated rings. The van der Waals surface area contributed by atoms with Gasteiger partial charge in [-0.25, -0.2) is 8.42 Å². The molecule has 0 aliphatic rings. The van der Waals surface area contributed by atoms with Crippen molar-refractivity contribution in [2.24, 2.45) is 0 Å². The van der Waals surface area contributed by atoms with Gasteiger partial charge in [-0.1, -0.05) is 27.7 Å². The first-order valence-corrected chi connectivity index (χ1v) is 8.16. The topological polar surface area (TPSA) is 64.1 Å². The predicted octanol–water partition coefficient (Wildman–Crippen LogP) is 2.30. The lowest BCUT2D eigenvalue weighted by molar-refractivity contribution is -0.118. The van der Waals surface area contributed by atoms with E-state index in [1.165, 1.54) is 12.3 Å². The number of pyridine rings is 1. The van der Waals surface area contributed by atoms with Crippen LogP contribution in [0.1, 0.15) is 45.5 Å². The van der Waals surface area contributed by atoms with Crippen molar-refractivity contribution in [3.05, 3.63) is 23.5 Å². The van der Waals surface area contributed by atoms with E-state index in [0.29, 0.717) is 17.8 Å². The fourth-order valence-corrected chi connectivity index (χ4v) is 2.25. The summed E-state index contributed by atoms with van der Waals surface area (Å²) in [4.78, 5) is 16.2. The lowest BCUT2D eigenvalue weighted by Crippen LogP contribution is -2.17. The molecular weight excluding hydrogens is 262 g/mol. The van der Waals surface area contributed by atoms with E-state index in [0.717, 1.165) is 0 Å². The second-order valence-corrected chi connectivity index (χ2v) is 7.79. The van der Waals surface area contributed by atoms with E-state index in [9.17, 15) is 13.2 Å². The summed E-state index contributed by atoms with van der Waals surface area (Å²) >= 11 is 0. The summed E-state index contributed by atoms with van der Waals surface area (Å²) in [6.07, 6.45) is 1.78. The maximum atomic E-state index is 11.7. The first kappa shape index (κ1) is 15.8. The van der Waals surface area contributed by atoms with Gasteiger partial charge in [0.05, 0.1) is 4.90 Å². The maximum Gasteiger partial charge on any atom is 0.175 e. The average molecular weight is 283 g/mol. The molecule has 4 nitrogen and oxygen atoms in total. The van der Waals surface area contributed by atoms with Crippen molar-refractivity contribution in [1.82, 2.24) is 4.98 Å². The Balaban J connectivity index is 3.37. The molecule has 1 rings (SSSR count). The Morgan fingerprint density at radius 3 is 2.26 bits per heavy atom. The van der Waals surface area contributed by atoms with Crippen LogP contribution in [-0.2, 0) is 26.5 Å². The van der Waals surface area contributed by atoms with E-state index in [1.54, 1.807) is 13.0 Å². The summed E-state index contributed by atoms with van der Waals surface area (Å²) in [5.41, 5.74) is 0.957. The van der Waals surface area contributed by atoms with Crippen molar-refractivity contribution in [3.63, 3.8) is 0 Å². The zero-order valence-corrected chi connectivity index (χ0v) is 13.0. The van der Waals surface area contributed by atoms with Crippen LogP contribution in [0.25, 0.3) is 0 Å². The third kappa shape index (κ3) is 4.42. The van der Waals surface area contributed by atoms with Crippen LogP contribution in [0, 0.1) is 0 Å². The van der Waals surface area contributed by atoms with E-state index in [4.69, 9.17) is 0 Å². The molecule has 0 spiro atoms. The second kappa shape index (κ2) is 5.41. The SMILES string of the molecule is CCC(=O)Cc1cc(S(C)(=O)=O)cc(C(C)(C)C)n1. The van der Waals surface area contributed by atoms with Gasteiger partial charge in [0.15, 0.2) is 9.84 Å². The molecule has 1 heterocycles. The summed E-state index contributed by atoms with van der Waals surface area (Å²) in [5, 5.41) is 0. The molecule has 0 unspecified atom stereocenters. The highest BCUT2D eigenvalue weighted by molar-refractivity contribution is 7.90. The number of rotatable bonds is 4. The van der Waals surface area contributed by atoms with Crippen LogP contribution in [-0.4, -0.2) is 25.4 Å². The number of sulfone groups is 1. The highest BCUT2D eigenvalue weighted by atomic mass is 32.2. The minimum atomic E-state index is -3.30. The van der Waals surface area contributed by atoms with Gasteiger partial charge in [0.25, 0.3) is 0 Å². The van der Waals surface area contributed by atoms with Crippen molar-refractivity contribution in [3.8, 4) is 0 Å². The molecule has 0 aliphatic carbocycles. The molecule has 0 amide bonds. The first-order chi connectivity index (χ1) is 8.54. The zero-order valence-electron chi connectivity index (χ0n) is 12.1. The van der Waals surface area contributed by atoms with Crippen LogP contribution in [0.5, 0.6) is 0 Å². The van der Waals surface area contributed by atoms with E-state index in [1.807, 2.05) is 20.8 Å². The Hall–Kier alpha value is -1.23. The Morgan fingerprint density at radius 1 is 1.26 bits per heavy atom. The lowest BCUT2D eigenvalue weighted by Gasteiger charge is -2.19. The predicted molar refractivity (Wildman–Crippen MR) is 75.0 cm³/mol. The first-order valence-electron chi connectivity index (χ1n) is 6.27. The summed E-state index contributed by atoms with van der Waals surface area (Å²) in [5.74, 6) is 0.0537. The van der Waals surface area contributed by atoms with Crippen molar-refractivity contribution < 1.29 is 13.2 Å². The molecule has 0 atom stereocenters. The minimum Gasteiger partial charge on any atom is -0.299 e. The third-order valence-corrected chi connectivity index (χ3v) is 3.91. The molecule has 0 saturated heterocycles. The van der Waals surface area contributed by atoms with Crippen LogP contribution in [0.3, 0.4) is 0 Å². The molecule has 0 bridgehead atoms. The van der Waals surface area contributed by atoms with Gasteiger partial charge in [-0.3, -0.25) is 9.78 Å². The van der Waals surface area contributed by atoms with Gasteiger partial charge in [-0.2, -0.15) is 0 Å². The quantitative estimate of drug-likeness (QED) is 0.850. The van der Waals surface area contributed by atoms with Gasteiger partial charge in [0.1, 0.15) is 5.78 Å². The van der Waals surface area contributed by atoms with Crippen molar-refractivity contribution in [2.45, 2.75) is 50.8 Å². The number of carbonyl (C=O) groups excluding carboxylic acids is 1. The van der Waals surface area contributed by atoms with Crippen molar-refractivity contribution in [2.75, 3.05) is 6.26 Å². The van der Waals surface area contributed by atoms with E-state index in [-0.39, 0.29) is 22.5 Å². The smallest absolute Gasteiger partial charge is 0.175 e. The number of Topliss-reactive ketones (excluding diaryl/α,β-unsaturated/α-hetero) is 1. The van der Waals surface area contributed by atoms with Crippen LogP contribution < -0.4 is 0 Å². The average Bonchev–Trinajstić information content (AvgIpc) is 2.26. The van der Waals surface area contributed by atoms with Gasteiger partial charge in [0.2, 0.25) is 0 Å². The number of aromatic nitrogens is 1. The molecule has 5 heteroatoms. The normalized spacial score (nSPS) is 12.5. The van der Waals surface area contributed by atoms with E-state index in [2.05, 4.69) is 4.98 Å². The third-order valence-electron chi connectivity index (χ3n) is 2.82. The van der Waals surface area contributed by atoms with E-state index >= 15 is 0 Å². The van der Waals surface area contributed by atoms with Crippen LogP contribution in [0.2, 0.25) is 0 Å². The molecule has 19 heavy (non-hydrogen) atoms. The second-order valence-electron chi connectivity index (χ2n) is 5.77. The number of nitrogens with zero attached hydrogens (tertiary/aromatic N) is 1. The van der Waals surface area contributed by atoms with Gasteiger partial charge < -0.3 is 0 Å². The number of hydrogen-bond donors (Lipinski definition) is 0. The molecular formula is C14H21NO3S. The number of hydrogen-bond acceptors (Lipinski definition) is 4. The van der Waals surface area contributed by atoms with Crippen LogP contribution in [0.4, 0.5) is 0 Å². The van der Waals surface area contributed by atoms with Crippen LogP contribution in [0.15, 0.2) is 17.0 Å². The Kier molecular flexibility index (Phi) is 4.50. The monoisotopic (exact) mass is 283 g/mol. The summed E-state index contributed by atoms with van der Waals surface area (Å²) in [7, 11) is -3.30. The highest BCUT2D eigenvalue weighted by Gasteiger charge is 2.20. The largest absolute Gasteiger partial charge is 0.299 e. The maximum absolute atomic E-state index is 11.7.